The van der Waals surface area contributed by atoms with E-state index in [9.17, 15) is 9.59 Å². The summed E-state index contributed by atoms with van der Waals surface area (Å²) in [6, 6.07) is 36.9. The standard InChI is InChI=1S/C34H34N4O4.C20H24N4O4/c1-37-30-22-27(38-18-16-34(17-19-38)41-20-21-42-34)12-13-28(30)32(36-37)29-14-15-31(39-23-25-8-4-2-5-9-25)35-33(29)40-24-26-10-6-3-7-11-26;1-23-16-12-13(24-8-6-20(7-9-24)27-10-11-28-20)2-3-14(16)18(22-23)15-4-5-17(25)21-19(15)26/h2-15,22H,16-21,23-24H2,1H3;2-3,12,15H,4-11H2,1H3,(H,21,25,26). The summed E-state index contributed by atoms with van der Waals surface area (Å²) in [5, 5.41) is 14.0. The molecule has 2 spiro atoms. The molecule has 0 bridgehead atoms. The molecule has 8 heterocycles. The summed E-state index contributed by atoms with van der Waals surface area (Å²) in [4.78, 5) is 33.3. The average molecular weight is 947 g/mol. The van der Waals surface area contributed by atoms with Gasteiger partial charge in [0.15, 0.2) is 11.6 Å². The fourth-order valence-electron chi connectivity index (χ4n) is 10.4. The summed E-state index contributed by atoms with van der Waals surface area (Å²) in [5.74, 6) is -0.608. The molecule has 12 rings (SSSR count). The van der Waals surface area contributed by atoms with E-state index in [1.807, 2.05) is 102 Å². The van der Waals surface area contributed by atoms with Gasteiger partial charge in [-0.3, -0.25) is 24.3 Å². The Morgan fingerprint density at radius 2 is 1.16 bits per heavy atom. The molecule has 5 aliphatic rings. The Bertz CT molecular complexity index is 2980. The first-order valence-electron chi connectivity index (χ1n) is 24.4. The number of nitrogens with zero attached hydrogens (tertiary/aromatic N) is 7. The van der Waals surface area contributed by atoms with Crippen molar-refractivity contribution < 1.29 is 38.0 Å². The van der Waals surface area contributed by atoms with Gasteiger partial charge in [-0.15, -0.1) is 0 Å². The Morgan fingerprint density at radius 1 is 0.629 bits per heavy atom. The number of hydrogen-bond donors (Lipinski definition) is 1. The Balaban J connectivity index is 0.000000165. The van der Waals surface area contributed by atoms with Crippen LogP contribution in [0.15, 0.2) is 109 Å². The molecule has 3 aromatic heterocycles. The predicted octanol–water partition coefficient (Wildman–Crippen LogP) is 7.57. The second kappa shape index (κ2) is 19.5. The average Bonchev–Trinajstić information content (AvgIpc) is 4.20. The highest BCUT2D eigenvalue weighted by Crippen LogP contribution is 2.40. The quantitative estimate of drug-likeness (QED) is 0.134. The minimum absolute atomic E-state index is 0.207. The predicted molar refractivity (Wildman–Crippen MR) is 263 cm³/mol. The molecule has 4 aromatic carbocycles. The minimum Gasteiger partial charge on any atom is -0.473 e. The van der Waals surface area contributed by atoms with E-state index in [2.05, 4.69) is 50.5 Å². The number of ether oxygens (including phenoxy) is 6. The van der Waals surface area contributed by atoms with Crippen molar-refractivity contribution in [1.29, 1.82) is 0 Å². The number of piperidine rings is 3. The molecular weight excluding hydrogens is 889 g/mol. The number of fused-ring (bicyclic) bond motifs is 2. The molecule has 1 atom stereocenters. The van der Waals surface area contributed by atoms with E-state index in [0.29, 0.717) is 64.2 Å². The molecular formula is C54H58N8O8. The van der Waals surface area contributed by atoms with Crippen molar-refractivity contribution in [2.75, 3.05) is 62.4 Å². The summed E-state index contributed by atoms with van der Waals surface area (Å²) in [5.41, 5.74) is 8.90. The summed E-state index contributed by atoms with van der Waals surface area (Å²) in [7, 11) is 3.88. The second-order valence-corrected chi connectivity index (χ2v) is 18.6. The van der Waals surface area contributed by atoms with Crippen molar-refractivity contribution in [3.63, 3.8) is 0 Å². The van der Waals surface area contributed by atoms with Gasteiger partial charge >= 0.3 is 0 Å². The SMILES string of the molecule is Cn1nc(-c2ccc(OCc3ccccc3)nc2OCc2ccccc2)c2ccc(N3CCC4(CC3)OCCO4)cc21.Cn1nc(C2CCC(=O)NC2=O)c2ccc(N3CCC4(CC3)OCCO4)cc21. The molecule has 16 heteroatoms. The van der Waals surface area contributed by atoms with Crippen LogP contribution in [0.25, 0.3) is 33.1 Å². The van der Waals surface area contributed by atoms with Crippen LogP contribution in [0.3, 0.4) is 0 Å². The highest BCUT2D eigenvalue weighted by molar-refractivity contribution is 6.02. The monoisotopic (exact) mass is 946 g/mol. The van der Waals surface area contributed by atoms with Gasteiger partial charge in [-0.05, 0) is 60.0 Å². The number of rotatable bonds is 10. The number of carbonyl (C=O) groups is 2. The van der Waals surface area contributed by atoms with E-state index in [1.165, 1.54) is 5.69 Å². The lowest BCUT2D eigenvalue weighted by Gasteiger charge is -2.38. The van der Waals surface area contributed by atoms with E-state index in [1.54, 1.807) is 0 Å². The van der Waals surface area contributed by atoms with Crippen LogP contribution in [0.4, 0.5) is 11.4 Å². The normalized spacial score (nSPS) is 19.7. The molecule has 7 aromatic rings. The molecule has 0 aliphatic carbocycles. The molecule has 5 saturated heterocycles. The lowest BCUT2D eigenvalue weighted by atomic mass is 9.92. The van der Waals surface area contributed by atoms with E-state index in [-0.39, 0.29) is 29.3 Å². The van der Waals surface area contributed by atoms with Gasteiger partial charge in [0.2, 0.25) is 23.6 Å². The fourth-order valence-corrected chi connectivity index (χ4v) is 10.4. The van der Waals surface area contributed by atoms with Crippen molar-refractivity contribution >= 4 is 45.0 Å². The van der Waals surface area contributed by atoms with Crippen LogP contribution < -0.4 is 24.6 Å². The van der Waals surface area contributed by atoms with Crippen LogP contribution in [-0.4, -0.2) is 101 Å². The largest absolute Gasteiger partial charge is 0.473 e. The summed E-state index contributed by atoms with van der Waals surface area (Å²) < 4.78 is 39.6. The Morgan fingerprint density at radius 3 is 1.73 bits per heavy atom. The third kappa shape index (κ3) is 9.43. The first-order chi connectivity index (χ1) is 34.2. The molecule has 1 unspecified atom stereocenters. The lowest BCUT2D eigenvalue weighted by Crippen LogP contribution is -2.45. The molecule has 5 aliphatic heterocycles. The zero-order chi connectivity index (χ0) is 47.7. The fraction of sp³-hybridized carbons (Fsp3) is 0.389. The van der Waals surface area contributed by atoms with Gasteiger partial charge in [0, 0.05) is 101 Å². The highest BCUT2D eigenvalue weighted by Gasteiger charge is 2.41. The maximum atomic E-state index is 12.3. The summed E-state index contributed by atoms with van der Waals surface area (Å²) in [6.45, 7) is 7.11. The van der Waals surface area contributed by atoms with Crippen molar-refractivity contribution in [2.24, 2.45) is 14.1 Å². The van der Waals surface area contributed by atoms with Gasteiger partial charge in [0.05, 0.1) is 54.6 Å². The number of pyridine rings is 1. The first-order valence-corrected chi connectivity index (χ1v) is 24.4. The number of aromatic nitrogens is 5. The number of imide groups is 1. The molecule has 2 amide bonds. The number of carbonyl (C=O) groups excluding carboxylic acids is 2. The number of amides is 2. The molecule has 362 valence electrons. The minimum atomic E-state index is -0.388. The van der Waals surface area contributed by atoms with Crippen LogP contribution in [0, 0.1) is 0 Å². The van der Waals surface area contributed by atoms with Gasteiger partial charge < -0.3 is 38.2 Å². The number of anilines is 2. The third-order valence-corrected chi connectivity index (χ3v) is 14.2. The van der Waals surface area contributed by atoms with Crippen LogP contribution >= 0.6 is 0 Å². The van der Waals surface area contributed by atoms with E-state index in [0.717, 1.165) is 107 Å². The smallest absolute Gasteiger partial charge is 0.235 e. The number of hydrogen-bond acceptors (Lipinski definition) is 13. The maximum Gasteiger partial charge on any atom is 0.235 e. The van der Waals surface area contributed by atoms with Crippen LogP contribution in [0.1, 0.15) is 61.3 Å². The number of benzene rings is 4. The molecule has 70 heavy (non-hydrogen) atoms. The van der Waals surface area contributed by atoms with Gasteiger partial charge in [0.25, 0.3) is 0 Å². The highest BCUT2D eigenvalue weighted by atomic mass is 16.7. The Labute approximate surface area is 406 Å². The molecule has 5 fully saturated rings. The van der Waals surface area contributed by atoms with Gasteiger partial charge in [-0.2, -0.15) is 15.2 Å². The van der Waals surface area contributed by atoms with Crippen molar-refractivity contribution in [3.8, 4) is 23.0 Å². The molecule has 16 nitrogen and oxygen atoms in total. The van der Waals surface area contributed by atoms with Crippen molar-refractivity contribution in [2.45, 2.75) is 69.2 Å². The lowest BCUT2D eigenvalue weighted by molar-refractivity contribution is -0.169. The van der Waals surface area contributed by atoms with Crippen LogP contribution in [0.2, 0.25) is 0 Å². The van der Waals surface area contributed by atoms with E-state index < -0.39 is 0 Å². The molecule has 1 N–H and O–H groups in total. The van der Waals surface area contributed by atoms with E-state index in [4.69, 9.17) is 38.5 Å². The molecule has 0 saturated carbocycles. The van der Waals surface area contributed by atoms with E-state index >= 15 is 0 Å². The van der Waals surface area contributed by atoms with Gasteiger partial charge in [0.1, 0.15) is 18.9 Å². The number of aryl methyl sites for hydroxylation is 2. The summed E-state index contributed by atoms with van der Waals surface area (Å²) in [6.07, 6.45) is 4.32. The zero-order valence-electron chi connectivity index (χ0n) is 39.7. The second-order valence-electron chi connectivity index (χ2n) is 18.6. The summed E-state index contributed by atoms with van der Waals surface area (Å²) >= 11 is 0. The van der Waals surface area contributed by atoms with Crippen molar-refractivity contribution in [1.82, 2.24) is 29.9 Å². The Hall–Kier alpha value is -6.85. The van der Waals surface area contributed by atoms with Gasteiger partial charge in [-0.25, -0.2) is 0 Å². The van der Waals surface area contributed by atoms with Gasteiger partial charge in [-0.1, -0.05) is 60.7 Å². The topological polar surface area (TPSA) is 157 Å². The first kappa shape index (κ1) is 45.6. The third-order valence-electron chi connectivity index (χ3n) is 14.2. The Kier molecular flexibility index (Phi) is 12.7. The zero-order valence-corrected chi connectivity index (χ0v) is 39.7. The van der Waals surface area contributed by atoms with Crippen molar-refractivity contribution in [3.05, 3.63) is 126 Å². The van der Waals surface area contributed by atoms with Crippen LogP contribution in [0.5, 0.6) is 11.8 Å². The number of nitrogens with one attached hydrogen (secondary N) is 1. The van der Waals surface area contributed by atoms with Crippen LogP contribution in [-0.2, 0) is 55.8 Å². The molecule has 0 radical (unpaired) electrons. The maximum absolute atomic E-state index is 12.3.